The lowest BCUT2D eigenvalue weighted by Crippen LogP contribution is -2.08. The van der Waals surface area contributed by atoms with Crippen LogP contribution in [0.3, 0.4) is 0 Å². The van der Waals surface area contributed by atoms with Crippen LogP contribution in [-0.4, -0.2) is 22.5 Å². The summed E-state index contributed by atoms with van der Waals surface area (Å²) in [6.45, 7) is 3.84. The van der Waals surface area contributed by atoms with Crippen LogP contribution < -0.4 is 0 Å². The minimum absolute atomic E-state index is 0.326. The van der Waals surface area contributed by atoms with Crippen LogP contribution in [0.4, 0.5) is 0 Å². The number of hydrogen-bond acceptors (Lipinski definition) is 4. The summed E-state index contributed by atoms with van der Waals surface area (Å²) in [6.07, 6.45) is 0. The highest BCUT2D eigenvalue weighted by Crippen LogP contribution is 2.30. The molecule has 0 spiro atoms. The number of esters is 1. The maximum absolute atomic E-state index is 11.2. The van der Waals surface area contributed by atoms with Crippen molar-refractivity contribution in [2.45, 2.75) is 13.8 Å². The van der Waals surface area contributed by atoms with Crippen LogP contribution in [0.2, 0.25) is 0 Å². The Hall–Kier alpha value is -0.290. The summed E-state index contributed by atoms with van der Waals surface area (Å²) >= 11 is 0. The molecule has 12 heavy (non-hydrogen) atoms. The molecular weight excluding hydrogens is 196 g/mol. The normalized spacial score (nSPS) is 23.0. The zero-order valence-electron chi connectivity index (χ0n) is 6.96. The van der Waals surface area contributed by atoms with Gasteiger partial charge in [-0.1, -0.05) is 10.8 Å². The van der Waals surface area contributed by atoms with Gasteiger partial charge in [0.25, 0.3) is 0 Å². The maximum Gasteiger partial charge on any atom is 0.335 e. The molecule has 0 saturated heterocycles. The molecule has 0 aliphatic carbocycles. The van der Waals surface area contributed by atoms with E-state index in [1.165, 1.54) is 10.8 Å². The van der Waals surface area contributed by atoms with Crippen LogP contribution in [-0.2, 0) is 19.4 Å². The average molecular weight is 206 g/mol. The lowest BCUT2D eigenvalue weighted by molar-refractivity contribution is -0.138. The Morgan fingerprint density at radius 1 is 1.75 bits per heavy atom. The summed E-state index contributed by atoms with van der Waals surface area (Å²) in [5.74, 6) is 0.186. The van der Waals surface area contributed by atoms with Gasteiger partial charge in [0.05, 0.1) is 12.2 Å². The van der Waals surface area contributed by atoms with E-state index in [4.69, 9.17) is 4.74 Å². The Bertz CT molecular complexity index is 257. The van der Waals surface area contributed by atoms with E-state index >= 15 is 0 Å². The van der Waals surface area contributed by atoms with Crippen LogP contribution in [0.1, 0.15) is 13.8 Å². The van der Waals surface area contributed by atoms with Crippen LogP contribution in [0, 0.1) is 0 Å². The fourth-order valence-corrected chi connectivity index (χ4v) is 3.51. The van der Waals surface area contributed by atoms with E-state index in [0.29, 0.717) is 22.8 Å². The standard InChI is InChI=1S/C7H10O3S2/c1-3-10-7(8)6-4-11-12(9)5(6)2/h3-4H2,1-2H3. The molecule has 1 aliphatic heterocycles. The smallest absolute Gasteiger partial charge is 0.335 e. The summed E-state index contributed by atoms with van der Waals surface area (Å²) in [5.41, 5.74) is 0.570. The summed E-state index contributed by atoms with van der Waals surface area (Å²) in [6, 6.07) is 0. The highest BCUT2D eigenvalue weighted by molar-refractivity contribution is 8.71. The van der Waals surface area contributed by atoms with Crippen molar-refractivity contribution >= 4 is 26.6 Å². The van der Waals surface area contributed by atoms with Gasteiger partial charge in [-0.05, 0) is 13.8 Å². The summed E-state index contributed by atoms with van der Waals surface area (Å²) in [5, 5.41) is 0. The van der Waals surface area contributed by atoms with Crippen molar-refractivity contribution < 1.29 is 13.7 Å². The van der Waals surface area contributed by atoms with Crippen LogP contribution in [0.15, 0.2) is 10.5 Å². The third-order valence-corrected chi connectivity index (χ3v) is 4.62. The van der Waals surface area contributed by atoms with Crippen molar-refractivity contribution in [1.29, 1.82) is 0 Å². The fraction of sp³-hybridized carbons (Fsp3) is 0.571. The minimum atomic E-state index is -1.03. The summed E-state index contributed by atoms with van der Waals surface area (Å²) < 4.78 is 15.9. The quantitative estimate of drug-likeness (QED) is 0.503. The number of carbonyl (C=O) groups excluding carboxylic acids is 1. The van der Waals surface area contributed by atoms with Gasteiger partial charge in [-0.2, -0.15) is 0 Å². The van der Waals surface area contributed by atoms with Gasteiger partial charge in [-0.15, -0.1) is 0 Å². The van der Waals surface area contributed by atoms with E-state index in [1.807, 2.05) is 0 Å². The number of allylic oxidation sites excluding steroid dienone is 1. The topological polar surface area (TPSA) is 43.4 Å². The van der Waals surface area contributed by atoms with Gasteiger partial charge in [0.15, 0.2) is 0 Å². The molecule has 0 aromatic carbocycles. The highest BCUT2D eigenvalue weighted by Gasteiger charge is 2.25. The average Bonchev–Trinajstić information content (AvgIpc) is 2.34. The van der Waals surface area contributed by atoms with Crippen molar-refractivity contribution in [3.63, 3.8) is 0 Å². The summed E-state index contributed by atoms with van der Waals surface area (Å²) in [7, 11) is 0.239. The molecule has 1 aliphatic rings. The Labute approximate surface area is 77.4 Å². The third-order valence-electron chi connectivity index (χ3n) is 1.51. The lowest BCUT2D eigenvalue weighted by Gasteiger charge is -2.00. The Morgan fingerprint density at radius 3 is 2.83 bits per heavy atom. The molecule has 0 saturated carbocycles. The largest absolute Gasteiger partial charge is 0.463 e. The second kappa shape index (κ2) is 4.09. The Morgan fingerprint density at radius 2 is 2.42 bits per heavy atom. The van der Waals surface area contributed by atoms with Crippen LogP contribution in [0.25, 0.3) is 0 Å². The Kier molecular flexibility index (Phi) is 3.34. The number of hydrogen-bond donors (Lipinski definition) is 0. The van der Waals surface area contributed by atoms with Gasteiger partial charge in [0, 0.05) is 10.7 Å². The van der Waals surface area contributed by atoms with E-state index in [-0.39, 0.29) is 5.97 Å². The van der Waals surface area contributed by atoms with Crippen LogP contribution >= 0.6 is 10.8 Å². The van der Waals surface area contributed by atoms with Gasteiger partial charge in [-0.25, -0.2) is 9.00 Å². The molecule has 0 aromatic heterocycles. The monoisotopic (exact) mass is 206 g/mol. The van der Waals surface area contributed by atoms with Gasteiger partial charge in [-0.3, -0.25) is 0 Å². The third kappa shape index (κ3) is 1.90. The fourth-order valence-electron chi connectivity index (χ4n) is 0.824. The van der Waals surface area contributed by atoms with E-state index in [2.05, 4.69) is 0 Å². The van der Waals surface area contributed by atoms with E-state index < -0.39 is 9.83 Å². The van der Waals surface area contributed by atoms with Gasteiger partial charge < -0.3 is 4.74 Å². The molecule has 0 bridgehead atoms. The van der Waals surface area contributed by atoms with E-state index in [1.54, 1.807) is 13.8 Å². The minimum Gasteiger partial charge on any atom is -0.463 e. The first kappa shape index (κ1) is 9.80. The number of carbonyl (C=O) groups is 1. The Balaban J connectivity index is 2.75. The van der Waals surface area contributed by atoms with Gasteiger partial charge >= 0.3 is 5.97 Å². The summed E-state index contributed by atoms with van der Waals surface area (Å²) in [4.78, 5) is 11.8. The number of rotatable bonds is 2. The highest BCUT2D eigenvalue weighted by atomic mass is 33.1. The van der Waals surface area contributed by atoms with Gasteiger partial charge in [0.1, 0.15) is 9.83 Å². The second-order valence-electron chi connectivity index (χ2n) is 2.25. The molecule has 5 heteroatoms. The van der Waals surface area contributed by atoms with E-state index in [9.17, 15) is 9.00 Å². The molecule has 1 unspecified atom stereocenters. The molecule has 3 nitrogen and oxygen atoms in total. The van der Waals surface area contributed by atoms with Crippen LogP contribution in [0.5, 0.6) is 0 Å². The predicted molar refractivity (Wildman–Crippen MR) is 49.9 cm³/mol. The molecule has 1 heterocycles. The molecule has 68 valence electrons. The van der Waals surface area contributed by atoms with Crippen molar-refractivity contribution in [3.05, 3.63) is 10.5 Å². The lowest BCUT2D eigenvalue weighted by atomic mass is 10.3. The van der Waals surface area contributed by atoms with E-state index in [0.717, 1.165) is 0 Å². The van der Waals surface area contributed by atoms with Gasteiger partial charge in [0.2, 0.25) is 0 Å². The molecular formula is C7H10O3S2. The molecule has 0 radical (unpaired) electrons. The first-order chi connectivity index (χ1) is 5.66. The molecule has 1 rings (SSSR count). The zero-order valence-corrected chi connectivity index (χ0v) is 8.59. The molecule has 0 aromatic rings. The molecule has 0 N–H and O–H groups in total. The zero-order chi connectivity index (χ0) is 9.14. The van der Waals surface area contributed by atoms with Crippen molar-refractivity contribution in [2.24, 2.45) is 0 Å². The SMILES string of the molecule is CCOC(=O)C1=C(C)S(=O)SC1. The predicted octanol–water partition coefficient (Wildman–Crippen LogP) is 1.23. The maximum atomic E-state index is 11.2. The number of ether oxygens (including phenoxy) is 1. The van der Waals surface area contributed by atoms with Crippen molar-refractivity contribution in [1.82, 2.24) is 0 Å². The first-order valence-electron chi connectivity index (χ1n) is 3.58. The first-order valence-corrected chi connectivity index (χ1v) is 6.24. The van der Waals surface area contributed by atoms with Crippen molar-refractivity contribution in [2.75, 3.05) is 12.4 Å². The molecule has 1 atom stereocenters. The molecule has 0 amide bonds. The molecule has 0 fully saturated rings. The second-order valence-corrected chi connectivity index (χ2v) is 5.47. The van der Waals surface area contributed by atoms with Crippen molar-refractivity contribution in [3.8, 4) is 0 Å².